The van der Waals surface area contributed by atoms with Crippen LogP contribution in [0.15, 0.2) is 48.5 Å². The summed E-state index contributed by atoms with van der Waals surface area (Å²) in [6.07, 6.45) is 0. The summed E-state index contributed by atoms with van der Waals surface area (Å²) in [4.78, 5) is 23.3. The fourth-order valence-electron chi connectivity index (χ4n) is 1.82. The first-order valence-corrected chi connectivity index (χ1v) is 6.17. The van der Waals surface area contributed by atoms with Gasteiger partial charge in [0.15, 0.2) is 5.78 Å². The minimum absolute atomic E-state index is 0.00685. The molecule has 1 amide bonds. The molecule has 0 aliphatic rings. The van der Waals surface area contributed by atoms with Crippen molar-refractivity contribution in [2.24, 2.45) is 0 Å². The minimum atomic E-state index is -0.252. The second-order valence-corrected chi connectivity index (χ2v) is 4.29. The molecule has 0 aromatic heterocycles. The molecule has 0 fully saturated rings. The van der Waals surface area contributed by atoms with Crippen LogP contribution in [0.2, 0.25) is 0 Å². The molecular weight excluding hydrogens is 254 g/mol. The average molecular weight is 269 g/mol. The molecule has 102 valence electrons. The number of anilines is 1. The van der Waals surface area contributed by atoms with Crippen LogP contribution in [-0.2, 0) is 0 Å². The Morgan fingerprint density at radius 1 is 1.00 bits per heavy atom. The summed E-state index contributed by atoms with van der Waals surface area (Å²) in [6.45, 7) is 1.50. The molecule has 0 saturated carbocycles. The van der Waals surface area contributed by atoms with Gasteiger partial charge in [-0.05, 0) is 43.3 Å². The minimum Gasteiger partial charge on any atom is -0.496 e. The van der Waals surface area contributed by atoms with Crippen molar-refractivity contribution in [1.29, 1.82) is 0 Å². The summed E-state index contributed by atoms with van der Waals surface area (Å²) in [5, 5.41) is 2.77. The van der Waals surface area contributed by atoms with Crippen LogP contribution in [-0.4, -0.2) is 18.8 Å². The van der Waals surface area contributed by atoms with E-state index in [0.29, 0.717) is 22.6 Å². The maximum Gasteiger partial charge on any atom is 0.259 e. The van der Waals surface area contributed by atoms with E-state index in [1.165, 1.54) is 14.0 Å². The molecule has 1 N–H and O–H groups in total. The molecule has 2 aromatic rings. The molecule has 4 heteroatoms. The van der Waals surface area contributed by atoms with Crippen LogP contribution in [0.25, 0.3) is 0 Å². The molecule has 0 spiro atoms. The number of carbonyl (C=O) groups is 2. The maximum atomic E-state index is 12.2. The van der Waals surface area contributed by atoms with Crippen LogP contribution in [0, 0.1) is 0 Å². The lowest BCUT2D eigenvalue weighted by Crippen LogP contribution is -2.13. The number of ether oxygens (including phenoxy) is 1. The Bertz CT molecular complexity index is 632. The van der Waals surface area contributed by atoms with Crippen LogP contribution in [0.1, 0.15) is 27.6 Å². The van der Waals surface area contributed by atoms with Gasteiger partial charge in [-0.3, -0.25) is 9.59 Å². The summed E-state index contributed by atoms with van der Waals surface area (Å²) < 4.78 is 5.15. The number of ketones is 1. The fourth-order valence-corrected chi connectivity index (χ4v) is 1.82. The third-order valence-corrected chi connectivity index (χ3v) is 2.90. The number of hydrogen-bond acceptors (Lipinski definition) is 3. The SMILES string of the molecule is COc1ccccc1C(=O)Nc1ccc(C(C)=O)cc1. The average Bonchev–Trinajstić information content (AvgIpc) is 2.47. The highest BCUT2D eigenvalue weighted by Gasteiger charge is 2.11. The summed E-state index contributed by atoms with van der Waals surface area (Å²) >= 11 is 0. The van der Waals surface area contributed by atoms with Crippen molar-refractivity contribution in [2.45, 2.75) is 6.92 Å². The second-order valence-electron chi connectivity index (χ2n) is 4.29. The summed E-state index contributed by atoms with van der Waals surface area (Å²) in [5.74, 6) is 0.260. The maximum absolute atomic E-state index is 12.2. The Morgan fingerprint density at radius 2 is 1.65 bits per heavy atom. The Morgan fingerprint density at radius 3 is 2.25 bits per heavy atom. The highest BCUT2D eigenvalue weighted by Crippen LogP contribution is 2.19. The highest BCUT2D eigenvalue weighted by atomic mass is 16.5. The van der Waals surface area contributed by atoms with Gasteiger partial charge in [0.25, 0.3) is 5.91 Å². The molecular formula is C16H15NO3. The van der Waals surface area contributed by atoms with E-state index in [9.17, 15) is 9.59 Å². The summed E-state index contributed by atoms with van der Waals surface area (Å²) in [5.41, 5.74) is 1.71. The Hall–Kier alpha value is -2.62. The number of hydrogen-bond donors (Lipinski definition) is 1. The molecule has 0 heterocycles. The number of carbonyl (C=O) groups excluding carboxylic acids is 2. The van der Waals surface area contributed by atoms with E-state index in [-0.39, 0.29) is 11.7 Å². The van der Waals surface area contributed by atoms with Gasteiger partial charge in [-0.1, -0.05) is 12.1 Å². The quantitative estimate of drug-likeness (QED) is 0.867. The van der Waals surface area contributed by atoms with Gasteiger partial charge in [-0.15, -0.1) is 0 Å². The lowest BCUT2D eigenvalue weighted by Gasteiger charge is -2.09. The molecule has 0 atom stereocenters. The van der Waals surface area contributed by atoms with Crippen molar-refractivity contribution < 1.29 is 14.3 Å². The topological polar surface area (TPSA) is 55.4 Å². The van der Waals surface area contributed by atoms with Crippen molar-refractivity contribution >= 4 is 17.4 Å². The standard InChI is InChI=1S/C16H15NO3/c1-11(18)12-7-9-13(10-8-12)17-16(19)14-5-3-4-6-15(14)20-2/h3-10H,1-2H3,(H,17,19). The van der Waals surface area contributed by atoms with E-state index in [1.54, 1.807) is 48.5 Å². The Labute approximate surface area is 117 Å². The van der Waals surface area contributed by atoms with Gasteiger partial charge in [0.2, 0.25) is 0 Å². The zero-order chi connectivity index (χ0) is 14.5. The van der Waals surface area contributed by atoms with Gasteiger partial charge >= 0.3 is 0 Å². The van der Waals surface area contributed by atoms with E-state index in [0.717, 1.165) is 0 Å². The fraction of sp³-hybridized carbons (Fsp3) is 0.125. The highest BCUT2D eigenvalue weighted by molar-refractivity contribution is 6.06. The molecule has 0 saturated heterocycles. The van der Waals surface area contributed by atoms with Gasteiger partial charge in [0.05, 0.1) is 12.7 Å². The van der Waals surface area contributed by atoms with E-state index in [1.807, 2.05) is 0 Å². The van der Waals surface area contributed by atoms with Crippen molar-refractivity contribution in [3.05, 3.63) is 59.7 Å². The number of methoxy groups -OCH3 is 1. The normalized spacial score (nSPS) is 9.90. The third-order valence-electron chi connectivity index (χ3n) is 2.90. The third kappa shape index (κ3) is 3.03. The van der Waals surface area contributed by atoms with Gasteiger partial charge in [0, 0.05) is 11.3 Å². The Kier molecular flexibility index (Phi) is 4.15. The first kappa shape index (κ1) is 13.8. The number of rotatable bonds is 4. The monoisotopic (exact) mass is 269 g/mol. The lowest BCUT2D eigenvalue weighted by atomic mass is 10.1. The predicted molar refractivity (Wildman–Crippen MR) is 77.4 cm³/mol. The van der Waals surface area contributed by atoms with Gasteiger partial charge in [-0.2, -0.15) is 0 Å². The van der Waals surface area contributed by atoms with Crippen molar-refractivity contribution in [2.75, 3.05) is 12.4 Å². The zero-order valence-corrected chi connectivity index (χ0v) is 11.3. The largest absolute Gasteiger partial charge is 0.496 e. The second kappa shape index (κ2) is 6.02. The molecule has 20 heavy (non-hydrogen) atoms. The van der Waals surface area contributed by atoms with Crippen molar-refractivity contribution in [3.63, 3.8) is 0 Å². The summed E-state index contributed by atoms with van der Waals surface area (Å²) in [7, 11) is 1.52. The van der Waals surface area contributed by atoms with Gasteiger partial charge in [-0.25, -0.2) is 0 Å². The molecule has 4 nitrogen and oxygen atoms in total. The number of nitrogens with one attached hydrogen (secondary N) is 1. The number of para-hydroxylation sites is 1. The molecule has 2 rings (SSSR count). The molecule has 0 aliphatic heterocycles. The van der Waals surface area contributed by atoms with Crippen LogP contribution in [0.4, 0.5) is 5.69 Å². The smallest absolute Gasteiger partial charge is 0.259 e. The summed E-state index contributed by atoms with van der Waals surface area (Å²) in [6, 6.07) is 13.8. The van der Waals surface area contributed by atoms with Gasteiger partial charge in [0.1, 0.15) is 5.75 Å². The van der Waals surface area contributed by atoms with E-state index in [2.05, 4.69) is 5.32 Å². The number of benzene rings is 2. The van der Waals surface area contributed by atoms with Crippen LogP contribution < -0.4 is 10.1 Å². The van der Waals surface area contributed by atoms with Crippen LogP contribution in [0.3, 0.4) is 0 Å². The first-order valence-electron chi connectivity index (χ1n) is 6.17. The number of amides is 1. The van der Waals surface area contributed by atoms with Crippen molar-refractivity contribution in [3.8, 4) is 5.75 Å². The van der Waals surface area contributed by atoms with Crippen molar-refractivity contribution in [1.82, 2.24) is 0 Å². The predicted octanol–water partition coefficient (Wildman–Crippen LogP) is 3.15. The van der Waals surface area contributed by atoms with E-state index in [4.69, 9.17) is 4.74 Å². The first-order chi connectivity index (χ1) is 9.61. The molecule has 2 aromatic carbocycles. The van der Waals surface area contributed by atoms with Gasteiger partial charge < -0.3 is 10.1 Å². The van der Waals surface area contributed by atoms with E-state index >= 15 is 0 Å². The molecule has 0 radical (unpaired) electrons. The van der Waals surface area contributed by atoms with E-state index < -0.39 is 0 Å². The van der Waals surface area contributed by atoms with Crippen LogP contribution in [0.5, 0.6) is 5.75 Å². The lowest BCUT2D eigenvalue weighted by molar-refractivity contribution is 0.101. The molecule has 0 bridgehead atoms. The Balaban J connectivity index is 2.17. The molecule has 0 unspecified atom stereocenters. The molecule has 0 aliphatic carbocycles. The van der Waals surface area contributed by atoms with Crippen LogP contribution >= 0.6 is 0 Å². The zero-order valence-electron chi connectivity index (χ0n) is 11.3. The number of Topliss-reactive ketones (excluding diaryl/α,β-unsaturated/α-hetero) is 1.